The van der Waals surface area contributed by atoms with Gasteiger partial charge in [-0.05, 0) is 49.1 Å². The van der Waals surface area contributed by atoms with Gasteiger partial charge in [-0.15, -0.1) is 0 Å². The number of aromatic nitrogens is 1. The lowest BCUT2D eigenvalue weighted by atomic mass is 10.1. The lowest BCUT2D eigenvalue weighted by Gasteiger charge is -2.27. The Morgan fingerprint density at radius 1 is 1.26 bits per heavy atom. The molecule has 2 atom stereocenters. The number of pyridine rings is 1. The van der Waals surface area contributed by atoms with Gasteiger partial charge >= 0.3 is 0 Å². The average molecular weight is 425 g/mol. The molecule has 31 heavy (non-hydrogen) atoms. The summed E-state index contributed by atoms with van der Waals surface area (Å²) in [6.07, 6.45) is 5.34. The van der Waals surface area contributed by atoms with Gasteiger partial charge in [-0.25, -0.2) is 0 Å². The minimum absolute atomic E-state index is 0.0248. The van der Waals surface area contributed by atoms with E-state index in [4.69, 9.17) is 4.74 Å². The van der Waals surface area contributed by atoms with Gasteiger partial charge in [-0.1, -0.05) is 25.1 Å². The highest BCUT2D eigenvalue weighted by Gasteiger charge is 2.31. The number of para-hydroxylation sites is 1. The van der Waals surface area contributed by atoms with Gasteiger partial charge in [0.1, 0.15) is 0 Å². The van der Waals surface area contributed by atoms with Crippen molar-refractivity contribution in [2.45, 2.75) is 45.4 Å². The van der Waals surface area contributed by atoms with E-state index in [9.17, 15) is 9.59 Å². The van der Waals surface area contributed by atoms with Gasteiger partial charge < -0.3 is 15.0 Å². The monoisotopic (exact) mass is 424 g/mol. The summed E-state index contributed by atoms with van der Waals surface area (Å²) in [5.74, 6) is -0.252. The highest BCUT2D eigenvalue weighted by atomic mass is 16.5. The molecule has 1 N–H and O–H groups in total. The number of benzene rings is 1. The van der Waals surface area contributed by atoms with E-state index in [0.717, 1.165) is 36.2 Å². The van der Waals surface area contributed by atoms with E-state index in [-0.39, 0.29) is 30.5 Å². The van der Waals surface area contributed by atoms with Crippen molar-refractivity contribution in [1.29, 1.82) is 0 Å². The first-order valence-corrected chi connectivity index (χ1v) is 10.8. The lowest BCUT2D eigenvalue weighted by molar-refractivity contribution is -0.137. The number of anilines is 1. The molecule has 1 fully saturated rings. The van der Waals surface area contributed by atoms with E-state index >= 15 is 0 Å². The molecule has 7 heteroatoms. The second-order valence-corrected chi connectivity index (χ2v) is 8.00. The van der Waals surface area contributed by atoms with Crippen LogP contribution in [-0.4, -0.2) is 65.4 Å². The number of aryl methyl sites for hydroxylation is 1. The second-order valence-electron chi connectivity index (χ2n) is 8.00. The molecule has 2 unspecified atom stereocenters. The molecule has 0 saturated carbocycles. The van der Waals surface area contributed by atoms with Crippen LogP contribution in [0.2, 0.25) is 0 Å². The smallest absolute Gasteiger partial charge is 0.243 e. The Bertz CT molecular complexity index is 874. The number of nitrogens with one attached hydrogen (secondary N) is 1. The first kappa shape index (κ1) is 22.9. The number of amides is 2. The van der Waals surface area contributed by atoms with Gasteiger partial charge in [-0.3, -0.25) is 19.5 Å². The molecule has 1 saturated heterocycles. The Morgan fingerprint density at radius 2 is 2.00 bits per heavy atom. The zero-order chi connectivity index (χ0) is 22.2. The summed E-state index contributed by atoms with van der Waals surface area (Å²) in [4.78, 5) is 33.0. The highest BCUT2D eigenvalue weighted by molar-refractivity contribution is 5.95. The fourth-order valence-electron chi connectivity index (χ4n) is 3.84. The van der Waals surface area contributed by atoms with Crippen LogP contribution < -0.4 is 5.32 Å². The molecule has 0 radical (unpaired) electrons. The third kappa shape index (κ3) is 6.35. The number of likely N-dealkylation sites (N-methyl/N-ethyl adjacent to an activating group) is 1. The number of rotatable bonds is 9. The molecule has 166 valence electrons. The molecule has 1 aliphatic rings. The Hall–Kier alpha value is -2.77. The molecule has 3 rings (SSSR count). The van der Waals surface area contributed by atoms with Gasteiger partial charge in [0.25, 0.3) is 0 Å². The van der Waals surface area contributed by atoms with Crippen molar-refractivity contribution in [3.05, 3.63) is 59.9 Å². The van der Waals surface area contributed by atoms with Crippen molar-refractivity contribution in [3.63, 3.8) is 0 Å². The van der Waals surface area contributed by atoms with Crippen molar-refractivity contribution in [3.8, 4) is 0 Å². The summed E-state index contributed by atoms with van der Waals surface area (Å²) >= 11 is 0. The van der Waals surface area contributed by atoms with E-state index in [0.29, 0.717) is 13.2 Å². The van der Waals surface area contributed by atoms with Gasteiger partial charge in [-0.2, -0.15) is 0 Å². The topological polar surface area (TPSA) is 74.8 Å². The zero-order valence-electron chi connectivity index (χ0n) is 18.6. The van der Waals surface area contributed by atoms with Gasteiger partial charge in [0.2, 0.25) is 11.8 Å². The molecule has 2 heterocycles. The summed E-state index contributed by atoms with van der Waals surface area (Å²) in [6, 6.07) is 11.3. The van der Waals surface area contributed by atoms with Crippen LogP contribution in [0.4, 0.5) is 5.69 Å². The fourth-order valence-corrected chi connectivity index (χ4v) is 3.84. The number of likely N-dealkylation sites (tertiary alicyclic amines) is 1. The van der Waals surface area contributed by atoms with Crippen LogP contribution in [-0.2, 0) is 27.4 Å². The second kappa shape index (κ2) is 11.0. The molecule has 2 amide bonds. The van der Waals surface area contributed by atoms with E-state index in [1.165, 1.54) is 4.90 Å². The Kier molecular flexibility index (Phi) is 8.14. The van der Waals surface area contributed by atoms with Crippen molar-refractivity contribution in [2.24, 2.45) is 0 Å². The molecule has 2 aromatic rings. The SMILES string of the molecule is CCc1ccccc1NC(=O)CN(C)C(=O)C(C)N1CCC(OCc2ccncc2)C1. The minimum atomic E-state index is -0.296. The highest BCUT2D eigenvalue weighted by Crippen LogP contribution is 2.19. The molecule has 1 aromatic heterocycles. The summed E-state index contributed by atoms with van der Waals surface area (Å²) in [7, 11) is 1.68. The lowest BCUT2D eigenvalue weighted by Crippen LogP contribution is -2.47. The molecule has 0 spiro atoms. The zero-order valence-corrected chi connectivity index (χ0v) is 18.6. The normalized spacial score (nSPS) is 17.3. The van der Waals surface area contributed by atoms with E-state index in [1.54, 1.807) is 19.4 Å². The Labute approximate surface area is 184 Å². The largest absolute Gasteiger partial charge is 0.372 e. The molecule has 7 nitrogen and oxygen atoms in total. The number of ether oxygens (including phenoxy) is 1. The van der Waals surface area contributed by atoms with Crippen molar-refractivity contribution in [1.82, 2.24) is 14.8 Å². The molecule has 1 aliphatic heterocycles. The Balaban J connectivity index is 1.46. The molecule has 1 aromatic carbocycles. The van der Waals surface area contributed by atoms with Gasteiger partial charge in [0.15, 0.2) is 0 Å². The molecule has 0 bridgehead atoms. The van der Waals surface area contributed by atoms with Crippen LogP contribution in [0.5, 0.6) is 0 Å². The van der Waals surface area contributed by atoms with Crippen LogP contribution in [0.1, 0.15) is 31.4 Å². The third-order valence-corrected chi connectivity index (χ3v) is 5.75. The predicted molar refractivity (Wildman–Crippen MR) is 121 cm³/mol. The van der Waals surface area contributed by atoms with E-state index in [1.807, 2.05) is 50.2 Å². The Morgan fingerprint density at radius 3 is 2.74 bits per heavy atom. The first-order valence-electron chi connectivity index (χ1n) is 10.8. The quantitative estimate of drug-likeness (QED) is 0.670. The van der Waals surface area contributed by atoms with Crippen LogP contribution >= 0.6 is 0 Å². The molecule has 0 aliphatic carbocycles. The van der Waals surface area contributed by atoms with Crippen molar-refractivity contribution >= 4 is 17.5 Å². The molecular weight excluding hydrogens is 392 g/mol. The third-order valence-electron chi connectivity index (χ3n) is 5.75. The number of carbonyl (C=O) groups is 2. The molecular formula is C24H32N4O3. The van der Waals surface area contributed by atoms with Crippen LogP contribution in [0, 0.1) is 0 Å². The minimum Gasteiger partial charge on any atom is -0.372 e. The maximum Gasteiger partial charge on any atom is 0.243 e. The maximum atomic E-state index is 12.9. The first-order chi connectivity index (χ1) is 15.0. The summed E-state index contributed by atoms with van der Waals surface area (Å²) < 4.78 is 6.00. The van der Waals surface area contributed by atoms with Crippen molar-refractivity contribution in [2.75, 3.05) is 32.0 Å². The van der Waals surface area contributed by atoms with E-state index in [2.05, 4.69) is 15.2 Å². The standard InChI is InChI=1S/C24H32N4O3/c1-4-20-7-5-6-8-22(20)26-23(29)16-27(3)24(30)18(2)28-14-11-21(15-28)31-17-19-9-12-25-13-10-19/h5-10,12-13,18,21H,4,11,14-17H2,1-3H3,(H,26,29). The number of nitrogens with zero attached hydrogens (tertiary/aromatic N) is 3. The summed E-state index contributed by atoms with van der Waals surface area (Å²) in [6.45, 7) is 6.03. The number of carbonyl (C=O) groups excluding carboxylic acids is 2. The van der Waals surface area contributed by atoms with Gasteiger partial charge in [0, 0.05) is 38.2 Å². The average Bonchev–Trinajstić information content (AvgIpc) is 3.26. The van der Waals surface area contributed by atoms with Crippen LogP contribution in [0.3, 0.4) is 0 Å². The van der Waals surface area contributed by atoms with Crippen LogP contribution in [0.25, 0.3) is 0 Å². The summed E-state index contributed by atoms with van der Waals surface area (Å²) in [5, 5.41) is 2.92. The number of hydrogen-bond donors (Lipinski definition) is 1. The predicted octanol–water partition coefficient (Wildman–Crippen LogP) is 2.72. The maximum absolute atomic E-state index is 12.9. The van der Waals surface area contributed by atoms with Gasteiger partial charge in [0.05, 0.1) is 25.3 Å². The fraction of sp³-hybridized carbons (Fsp3) is 0.458. The van der Waals surface area contributed by atoms with Crippen molar-refractivity contribution < 1.29 is 14.3 Å². The summed E-state index contributed by atoms with van der Waals surface area (Å²) in [5.41, 5.74) is 2.97. The van der Waals surface area contributed by atoms with Crippen LogP contribution in [0.15, 0.2) is 48.8 Å². The number of hydrogen-bond acceptors (Lipinski definition) is 5. The van der Waals surface area contributed by atoms with E-state index < -0.39 is 0 Å².